The van der Waals surface area contributed by atoms with Gasteiger partial charge < -0.3 is 5.32 Å². The van der Waals surface area contributed by atoms with Crippen molar-refractivity contribution in [1.29, 1.82) is 0 Å². The van der Waals surface area contributed by atoms with E-state index < -0.39 is 0 Å². The lowest BCUT2D eigenvalue weighted by atomic mass is 10.2. The van der Waals surface area contributed by atoms with E-state index in [1.165, 1.54) is 5.56 Å². The lowest BCUT2D eigenvalue weighted by Crippen LogP contribution is -2.05. The van der Waals surface area contributed by atoms with Gasteiger partial charge in [0.25, 0.3) is 0 Å². The first-order valence-electron chi connectivity index (χ1n) is 4.43. The SMILES string of the molecule is c1cnc(NCCc2cn[nH]c2)cn1. The largest absolute Gasteiger partial charge is 0.368 e. The molecule has 0 bridgehead atoms. The Morgan fingerprint density at radius 2 is 2.29 bits per heavy atom. The second-order valence-electron chi connectivity index (χ2n) is 2.87. The van der Waals surface area contributed by atoms with E-state index >= 15 is 0 Å². The Morgan fingerprint density at radius 3 is 3.00 bits per heavy atom. The molecule has 0 saturated heterocycles. The summed E-state index contributed by atoms with van der Waals surface area (Å²) in [5.41, 5.74) is 1.18. The highest BCUT2D eigenvalue weighted by atomic mass is 15.1. The molecule has 2 aromatic rings. The summed E-state index contributed by atoms with van der Waals surface area (Å²) in [7, 11) is 0. The number of nitrogens with one attached hydrogen (secondary N) is 2. The number of rotatable bonds is 4. The van der Waals surface area contributed by atoms with Crippen molar-refractivity contribution in [3.05, 3.63) is 36.5 Å². The van der Waals surface area contributed by atoms with Crippen LogP contribution >= 0.6 is 0 Å². The van der Waals surface area contributed by atoms with Gasteiger partial charge in [-0.3, -0.25) is 10.1 Å². The lowest BCUT2D eigenvalue weighted by Gasteiger charge is -2.02. The number of H-pyrrole nitrogens is 1. The molecule has 0 aromatic carbocycles. The molecule has 0 aliphatic heterocycles. The molecule has 0 saturated carbocycles. The van der Waals surface area contributed by atoms with Crippen molar-refractivity contribution in [1.82, 2.24) is 20.2 Å². The van der Waals surface area contributed by atoms with E-state index in [1.54, 1.807) is 18.6 Å². The minimum atomic E-state index is 0.802. The standard InChI is InChI=1S/C9H11N5/c1(8-5-13-14-6-8)2-11-9-7-10-3-4-12-9/h3-7H,1-2H2,(H,11,12)(H,13,14). The summed E-state index contributed by atoms with van der Waals surface area (Å²) in [6, 6.07) is 0. The van der Waals surface area contributed by atoms with Gasteiger partial charge in [0.1, 0.15) is 5.82 Å². The fourth-order valence-electron chi connectivity index (χ4n) is 1.14. The number of aromatic amines is 1. The van der Waals surface area contributed by atoms with Crippen LogP contribution in [-0.4, -0.2) is 26.7 Å². The quantitative estimate of drug-likeness (QED) is 0.748. The molecule has 0 amide bonds. The normalized spacial score (nSPS) is 10.0. The van der Waals surface area contributed by atoms with Gasteiger partial charge in [0.15, 0.2) is 0 Å². The molecular formula is C9H11N5. The maximum atomic E-state index is 4.10. The Bertz CT molecular complexity index is 356. The van der Waals surface area contributed by atoms with E-state index in [0.717, 1.165) is 18.8 Å². The molecule has 5 heteroatoms. The minimum Gasteiger partial charge on any atom is -0.368 e. The molecule has 2 rings (SSSR count). The molecule has 5 nitrogen and oxygen atoms in total. The third-order valence-corrected chi connectivity index (χ3v) is 1.84. The third kappa shape index (κ3) is 2.29. The number of hydrogen-bond donors (Lipinski definition) is 2. The lowest BCUT2D eigenvalue weighted by molar-refractivity contribution is 1.00. The first-order valence-corrected chi connectivity index (χ1v) is 4.43. The van der Waals surface area contributed by atoms with Crippen LogP contribution in [0.5, 0.6) is 0 Å². The average Bonchev–Trinajstić information content (AvgIpc) is 2.72. The van der Waals surface area contributed by atoms with Gasteiger partial charge in [-0.1, -0.05) is 0 Å². The predicted octanol–water partition coefficient (Wildman–Crippen LogP) is 0.854. The second-order valence-corrected chi connectivity index (χ2v) is 2.87. The van der Waals surface area contributed by atoms with Crippen LogP contribution in [0.3, 0.4) is 0 Å². The van der Waals surface area contributed by atoms with Gasteiger partial charge in [0.2, 0.25) is 0 Å². The van der Waals surface area contributed by atoms with Crippen molar-refractivity contribution in [3.8, 4) is 0 Å². The highest BCUT2D eigenvalue weighted by molar-refractivity contribution is 5.29. The molecule has 0 atom stereocenters. The fourth-order valence-corrected chi connectivity index (χ4v) is 1.14. The van der Waals surface area contributed by atoms with Crippen molar-refractivity contribution in [2.75, 3.05) is 11.9 Å². The molecule has 0 fully saturated rings. The Hall–Kier alpha value is -1.91. The van der Waals surface area contributed by atoms with Crippen LogP contribution < -0.4 is 5.32 Å². The Kier molecular flexibility index (Phi) is 2.70. The van der Waals surface area contributed by atoms with Crippen LogP contribution in [-0.2, 0) is 6.42 Å². The zero-order valence-corrected chi connectivity index (χ0v) is 7.64. The topological polar surface area (TPSA) is 66.5 Å². The summed E-state index contributed by atoms with van der Waals surface area (Å²) in [6.45, 7) is 0.832. The molecule has 0 aliphatic rings. The van der Waals surface area contributed by atoms with Gasteiger partial charge in [-0.25, -0.2) is 4.98 Å². The maximum Gasteiger partial charge on any atom is 0.144 e. The summed E-state index contributed by atoms with van der Waals surface area (Å²) in [5.74, 6) is 0.802. The second kappa shape index (κ2) is 4.36. The molecular weight excluding hydrogens is 178 g/mol. The van der Waals surface area contributed by atoms with Crippen LogP contribution in [0.4, 0.5) is 5.82 Å². The summed E-state index contributed by atoms with van der Waals surface area (Å²) in [4.78, 5) is 8.06. The van der Waals surface area contributed by atoms with Crippen LogP contribution in [0.2, 0.25) is 0 Å². The van der Waals surface area contributed by atoms with Crippen molar-refractivity contribution < 1.29 is 0 Å². The monoisotopic (exact) mass is 189 g/mol. The molecule has 0 unspecified atom stereocenters. The minimum absolute atomic E-state index is 0.802. The zero-order valence-electron chi connectivity index (χ0n) is 7.64. The molecule has 14 heavy (non-hydrogen) atoms. The van der Waals surface area contributed by atoms with Gasteiger partial charge in [0.05, 0.1) is 12.4 Å². The highest BCUT2D eigenvalue weighted by Gasteiger charge is 1.94. The van der Waals surface area contributed by atoms with E-state index in [4.69, 9.17) is 0 Å². The van der Waals surface area contributed by atoms with E-state index in [2.05, 4.69) is 25.5 Å². The summed E-state index contributed by atoms with van der Waals surface area (Å²) >= 11 is 0. The third-order valence-electron chi connectivity index (χ3n) is 1.84. The molecule has 0 spiro atoms. The first-order chi connectivity index (χ1) is 6.95. The molecule has 0 radical (unpaired) electrons. The highest BCUT2D eigenvalue weighted by Crippen LogP contribution is 1.99. The average molecular weight is 189 g/mol. The Balaban J connectivity index is 1.79. The summed E-state index contributed by atoms with van der Waals surface area (Å²) in [6.07, 6.45) is 9.65. The molecule has 2 heterocycles. The van der Waals surface area contributed by atoms with E-state index in [0.29, 0.717) is 0 Å². The van der Waals surface area contributed by atoms with Crippen molar-refractivity contribution in [3.63, 3.8) is 0 Å². The fraction of sp³-hybridized carbons (Fsp3) is 0.222. The number of hydrogen-bond acceptors (Lipinski definition) is 4. The van der Waals surface area contributed by atoms with Gasteiger partial charge >= 0.3 is 0 Å². The van der Waals surface area contributed by atoms with Crippen molar-refractivity contribution in [2.24, 2.45) is 0 Å². The molecule has 0 aliphatic carbocycles. The number of anilines is 1. The van der Waals surface area contributed by atoms with Crippen LogP contribution in [0.1, 0.15) is 5.56 Å². The summed E-state index contributed by atoms with van der Waals surface area (Å²) in [5, 5.41) is 9.81. The summed E-state index contributed by atoms with van der Waals surface area (Å²) < 4.78 is 0. The van der Waals surface area contributed by atoms with E-state index in [9.17, 15) is 0 Å². The number of nitrogens with zero attached hydrogens (tertiary/aromatic N) is 3. The van der Waals surface area contributed by atoms with Gasteiger partial charge in [0, 0.05) is 25.1 Å². The van der Waals surface area contributed by atoms with Crippen LogP contribution in [0.25, 0.3) is 0 Å². The zero-order chi connectivity index (χ0) is 9.64. The molecule has 2 aromatic heterocycles. The molecule has 72 valence electrons. The number of aromatic nitrogens is 4. The predicted molar refractivity (Wildman–Crippen MR) is 52.8 cm³/mol. The van der Waals surface area contributed by atoms with E-state index in [1.807, 2.05) is 12.4 Å². The van der Waals surface area contributed by atoms with Crippen molar-refractivity contribution in [2.45, 2.75) is 6.42 Å². The maximum absolute atomic E-state index is 4.10. The van der Waals surface area contributed by atoms with Crippen LogP contribution in [0.15, 0.2) is 31.0 Å². The first kappa shape index (κ1) is 8.68. The van der Waals surface area contributed by atoms with E-state index in [-0.39, 0.29) is 0 Å². The smallest absolute Gasteiger partial charge is 0.144 e. The van der Waals surface area contributed by atoms with Crippen LogP contribution in [0, 0.1) is 0 Å². The Morgan fingerprint density at radius 1 is 1.29 bits per heavy atom. The van der Waals surface area contributed by atoms with Crippen molar-refractivity contribution >= 4 is 5.82 Å². The van der Waals surface area contributed by atoms with Gasteiger partial charge in [-0.2, -0.15) is 5.10 Å². The van der Waals surface area contributed by atoms with Gasteiger partial charge in [-0.15, -0.1) is 0 Å². The molecule has 2 N–H and O–H groups in total. The Labute approximate surface area is 81.6 Å². The van der Waals surface area contributed by atoms with Gasteiger partial charge in [-0.05, 0) is 12.0 Å².